The fourth-order valence-electron chi connectivity index (χ4n) is 1.43. The number of carbonyl (C=O) groups is 1. The number of nitrogens with one attached hydrogen (secondary N) is 1. The third-order valence-corrected chi connectivity index (χ3v) is 2.48. The van der Waals surface area contributed by atoms with E-state index in [4.69, 9.17) is 0 Å². The van der Waals surface area contributed by atoms with Crippen molar-refractivity contribution in [2.45, 2.75) is 12.5 Å². The molecule has 0 aliphatic heterocycles. The Labute approximate surface area is 103 Å². The van der Waals surface area contributed by atoms with Gasteiger partial charge in [0.2, 0.25) is 0 Å². The summed E-state index contributed by atoms with van der Waals surface area (Å²) >= 11 is 0. The SMILES string of the molecule is CC(Nc1ccncn1)(C(=O)O)c1ccncn1. The van der Waals surface area contributed by atoms with Crippen molar-refractivity contribution >= 4 is 11.8 Å². The molecule has 0 saturated heterocycles. The lowest BCUT2D eigenvalue weighted by atomic mass is 9.97. The van der Waals surface area contributed by atoms with E-state index in [1.165, 1.54) is 32.0 Å². The normalized spacial score (nSPS) is 13.6. The van der Waals surface area contributed by atoms with Crippen molar-refractivity contribution in [1.82, 2.24) is 19.9 Å². The summed E-state index contributed by atoms with van der Waals surface area (Å²) in [6.45, 7) is 1.51. The van der Waals surface area contributed by atoms with Gasteiger partial charge in [-0.1, -0.05) is 0 Å². The number of hydrogen-bond acceptors (Lipinski definition) is 6. The summed E-state index contributed by atoms with van der Waals surface area (Å²) in [5.41, 5.74) is -1.03. The first kappa shape index (κ1) is 11.9. The van der Waals surface area contributed by atoms with Crippen LogP contribution in [0.4, 0.5) is 5.82 Å². The highest BCUT2D eigenvalue weighted by molar-refractivity contribution is 5.83. The maximum Gasteiger partial charge on any atom is 0.335 e. The van der Waals surface area contributed by atoms with Crippen molar-refractivity contribution in [1.29, 1.82) is 0 Å². The van der Waals surface area contributed by atoms with E-state index in [0.717, 1.165) is 0 Å². The summed E-state index contributed by atoms with van der Waals surface area (Å²) in [6.07, 6.45) is 5.66. The number of carboxylic acids is 1. The topological polar surface area (TPSA) is 101 Å². The summed E-state index contributed by atoms with van der Waals surface area (Å²) in [5.74, 6) is -0.645. The van der Waals surface area contributed by atoms with Gasteiger partial charge in [0.15, 0.2) is 5.54 Å². The lowest BCUT2D eigenvalue weighted by molar-refractivity contribution is -0.142. The van der Waals surface area contributed by atoms with Crippen LogP contribution in [0.5, 0.6) is 0 Å². The molecular formula is C11H11N5O2. The number of carboxylic acid groups (broad SMARTS) is 1. The minimum Gasteiger partial charge on any atom is -0.479 e. The molecule has 0 spiro atoms. The zero-order chi connectivity index (χ0) is 13.0. The van der Waals surface area contributed by atoms with Crippen LogP contribution in [0.15, 0.2) is 37.2 Å². The van der Waals surface area contributed by atoms with Crippen molar-refractivity contribution in [3.05, 3.63) is 42.9 Å². The highest BCUT2D eigenvalue weighted by Crippen LogP contribution is 2.23. The Kier molecular flexibility index (Phi) is 3.13. The van der Waals surface area contributed by atoms with E-state index in [-0.39, 0.29) is 0 Å². The Morgan fingerprint density at radius 2 is 1.89 bits per heavy atom. The van der Waals surface area contributed by atoms with Crippen LogP contribution >= 0.6 is 0 Å². The number of aromatic nitrogens is 4. The molecule has 0 aliphatic rings. The Morgan fingerprint density at radius 1 is 1.22 bits per heavy atom. The molecule has 2 heterocycles. The Morgan fingerprint density at radius 3 is 2.39 bits per heavy atom. The molecule has 0 amide bonds. The molecule has 7 heteroatoms. The van der Waals surface area contributed by atoms with Gasteiger partial charge in [-0.15, -0.1) is 0 Å². The van der Waals surface area contributed by atoms with E-state index >= 15 is 0 Å². The molecule has 2 rings (SSSR count). The fraction of sp³-hybridized carbons (Fsp3) is 0.182. The Balaban J connectivity index is 2.37. The smallest absolute Gasteiger partial charge is 0.335 e. The lowest BCUT2D eigenvalue weighted by Crippen LogP contribution is -2.41. The lowest BCUT2D eigenvalue weighted by Gasteiger charge is -2.25. The molecule has 1 unspecified atom stereocenters. The Hall–Kier alpha value is -2.57. The van der Waals surface area contributed by atoms with Crippen LogP contribution in [0.3, 0.4) is 0 Å². The summed E-state index contributed by atoms with van der Waals surface area (Å²) in [7, 11) is 0. The molecule has 0 fully saturated rings. The predicted octanol–water partition coefficient (Wildman–Crippen LogP) is 0.678. The van der Waals surface area contributed by atoms with Crippen LogP contribution in [0.2, 0.25) is 0 Å². The molecule has 7 nitrogen and oxygen atoms in total. The molecule has 0 radical (unpaired) electrons. The van der Waals surface area contributed by atoms with Gasteiger partial charge in [0.1, 0.15) is 18.5 Å². The van der Waals surface area contributed by atoms with Crippen LogP contribution in [0, 0.1) is 0 Å². The first-order valence-corrected chi connectivity index (χ1v) is 5.17. The molecular weight excluding hydrogens is 234 g/mol. The predicted molar refractivity (Wildman–Crippen MR) is 62.7 cm³/mol. The third kappa shape index (κ3) is 2.24. The number of aliphatic carboxylic acids is 1. The highest BCUT2D eigenvalue weighted by atomic mass is 16.4. The van der Waals surface area contributed by atoms with E-state index in [0.29, 0.717) is 11.5 Å². The van der Waals surface area contributed by atoms with Crippen molar-refractivity contribution in [2.24, 2.45) is 0 Å². The van der Waals surface area contributed by atoms with Gasteiger partial charge in [-0.3, -0.25) is 0 Å². The van der Waals surface area contributed by atoms with Crippen LogP contribution in [-0.4, -0.2) is 31.0 Å². The number of rotatable bonds is 4. The number of nitrogens with zero attached hydrogens (tertiary/aromatic N) is 4. The van der Waals surface area contributed by atoms with Gasteiger partial charge in [-0.2, -0.15) is 0 Å². The standard InChI is InChI=1S/C11H11N5O2/c1-11(10(17)18,8-2-4-12-6-14-8)16-9-3-5-13-7-15-9/h2-7H,1H3,(H,17,18)(H,13,15,16). The maximum atomic E-state index is 11.5. The zero-order valence-electron chi connectivity index (χ0n) is 9.61. The zero-order valence-corrected chi connectivity index (χ0v) is 9.61. The number of anilines is 1. The van der Waals surface area contributed by atoms with Gasteiger partial charge in [0.05, 0.1) is 5.69 Å². The van der Waals surface area contributed by atoms with Gasteiger partial charge in [-0.05, 0) is 19.1 Å². The van der Waals surface area contributed by atoms with Gasteiger partial charge >= 0.3 is 5.97 Å². The average Bonchev–Trinajstić information content (AvgIpc) is 2.40. The van der Waals surface area contributed by atoms with Crippen LogP contribution in [0.1, 0.15) is 12.6 Å². The largest absolute Gasteiger partial charge is 0.479 e. The molecule has 0 aliphatic carbocycles. The quantitative estimate of drug-likeness (QED) is 0.816. The van der Waals surface area contributed by atoms with Gasteiger partial charge in [0, 0.05) is 12.4 Å². The van der Waals surface area contributed by atoms with Crippen LogP contribution in [0.25, 0.3) is 0 Å². The van der Waals surface area contributed by atoms with Crippen molar-refractivity contribution < 1.29 is 9.90 Å². The first-order valence-electron chi connectivity index (χ1n) is 5.17. The van der Waals surface area contributed by atoms with Gasteiger partial charge in [-0.25, -0.2) is 24.7 Å². The van der Waals surface area contributed by atoms with E-state index in [2.05, 4.69) is 25.3 Å². The Bertz CT molecular complexity index is 534. The second kappa shape index (κ2) is 4.74. The molecule has 2 aromatic heterocycles. The number of hydrogen-bond donors (Lipinski definition) is 2. The maximum absolute atomic E-state index is 11.5. The van der Waals surface area contributed by atoms with Crippen LogP contribution in [-0.2, 0) is 10.3 Å². The van der Waals surface area contributed by atoms with E-state index in [1.54, 1.807) is 12.1 Å². The van der Waals surface area contributed by atoms with Crippen LogP contribution < -0.4 is 5.32 Å². The monoisotopic (exact) mass is 245 g/mol. The fourth-order valence-corrected chi connectivity index (χ4v) is 1.43. The van der Waals surface area contributed by atoms with Crippen molar-refractivity contribution in [3.8, 4) is 0 Å². The van der Waals surface area contributed by atoms with Crippen molar-refractivity contribution in [3.63, 3.8) is 0 Å². The first-order chi connectivity index (χ1) is 8.63. The third-order valence-electron chi connectivity index (χ3n) is 2.48. The second-order valence-electron chi connectivity index (χ2n) is 3.74. The molecule has 0 aromatic carbocycles. The molecule has 2 aromatic rings. The van der Waals surface area contributed by atoms with Gasteiger partial charge in [0.25, 0.3) is 0 Å². The summed E-state index contributed by atoms with van der Waals surface area (Å²) in [5, 5.41) is 12.2. The highest BCUT2D eigenvalue weighted by Gasteiger charge is 2.37. The molecule has 0 saturated carbocycles. The summed E-state index contributed by atoms with van der Waals surface area (Å²) in [4.78, 5) is 26.9. The molecule has 2 N–H and O–H groups in total. The second-order valence-corrected chi connectivity index (χ2v) is 3.74. The molecule has 18 heavy (non-hydrogen) atoms. The minimum atomic E-state index is -1.38. The molecule has 1 atom stereocenters. The average molecular weight is 245 g/mol. The molecule has 0 bridgehead atoms. The molecule has 92 valence electrons. The minimum absolute atomic E-state index is 0.351. The van der Waals surface area contributed by atoms with E-state index < -0.39 is 11.5 Å². The summed E-state index contributed by atoms with van der Waals surface area (Å²) < 4.78 is 0. The van der Waals surface area contributed by atoms with E-state index in [9.17, 15) is 9.90 Å². The summed E-state index contributed by atoms with van der Waals surface area (Å²) in [6, 6.07) is 3.13. The van der Waals surface area contributed by atoms with E-state index in [1.807, 2.05) is 0 Å². The van der Waals surface area contributed by atoms with Crippen molar-refractivity contribution in [2.75, 3.05) is 5.32 Å². The van der Waals surface area contributed by atoms with Gasteiger partial charge < -0.3 is 10.4 Å².